The van der Waals surface area contributed by atoms with E-state index in [-0.39, 0.29) is 5.57 Å². The van der Waals surface area contributed by atoms with Crippen molar-refractivity contribution in [1.82, 2.24) is 0 Å². The Labute approximate surface area is 146 Å². The Kier molecular flexibility index (Phi) is 5.89. The molecule has 0 radical (unpaired) electrons. The van der Waals surface area contributed by atoms with Gasteiger partial charge in [-0.05, 0) is 48.4 Å². The number of carboxylic acids is 1. The first-order valence-electron chi connectivity index (χ1n) is 7.69. The smallest absolute Gasteiger partial charge is 0.336 e. The predicted molar refractivity (Wildman–Crippen MR) is 97.1 cm³/mol. The molecule has 25 heavy (non-hydrogen) atoms. The van der Waals surface area contributed by atoms with Gasteiger partial charge in [-0.1, -0.05) is 12.1 Å². The molecule has 6 heteroatoms. The average Bonchev–Trinajstić information content (AvgIpc) is 2.61. The number of hydrogen-bond acceptors (Lipinski definition) is 5. The van der Waals surface area contributed by atoms with Gasteiger partial charge >= 0.3 is 5.97 Å². The summed E-state index contributed by atoms with van der Waals surface area (Å²) in [7, 11) is 3.03. The summed E-state index contributed by atoms with van der Waals surface area (Å²) in [6, 6.07) is 10.1. The van der Waals surface area contributed by atoms with Gasteiger partial charge in [-0.15, -0.1) is 0 Å². The van der Waals surface area contributed by atoms with E-state index >= 15 is 0 Å². The van der Waals surface area contributed by atoms with Crippen LogP contribution in [0.4, 0.5) is 5.69 Å². The van der Waals surface area contributed by atoms with Crippen LogP contribution in [0.2, 0.25) is 0 Å². The van der Waals surface area contributed by atoms with E-state index in [9.17, 15) is 9.90 Å². The van der Waals surface area contributed by atoms with E-state index in [2.05, 4.69) is 0 Å². The topological polar surface area (TPSA) is 91.0 Å². The predicted octanol–water partition coefficient (Wildman–Crippen LogP) is 3.31. The van der Waals surface area contributed by atoms with Crippen LogP contribution in [0.3, 0.4) is 0 Å². The first kappa shape index (κ1) is 18.2. The van der Waals surface area contributed by atoms with Crippen LogP contribution in [0.25, 0.3) is 11.6 Å². The minimum Gasteiger partial charge on any atom is -0.493 e. The molecule has 0 aliphatic heterocycles. The molecule has 0 saturated heterocycles. The van der Waals surface area contributed by atoms with Crippen LogP contribution in [0.15, 0.2) is 36.4 Å². The Bertz CT molecular complexity index is 756. The second-order valence-electron chi connectivity index (χ2n) is 5.17. The number of benzene rings is 2. The summed E-state index contributed by atoms with van der Waals surface area (Å²) in [6.45, 7) is 2.31. The normalized spacial score (nSPS) is 11.1. The zero-order chi connectivity index (χ0) is 18.4. The first-order valence-corrected chi connectivity index (χ1v) is 7.69. The van der Waals surface area contributed by atoms with Gasteiger partial charge in [0.25, 0.3) is 0 Å². The fourth-order valence-corrected chi connectivity index (χ4v) is 2.37. The lowest BCUT2D eigenvalue weighted by atomic mass is 10.0. The van der Waals surface area contributed by atoms with E-state index in [0.717, 1.165) is 0 Å². The number of hydrogen-bond donors (Lipinski definition) is 2. The minimum absolute atomic E-state index is 0.133. The Morgan fingerprint density at radius 3 is 2.12 bits per heavy atom. The Hall–Kier alpha value is -3.15. The van der Waals surface area contributed by atoms with Crippen molar-refractivity contribution in [3.05, 3.63) is 47.5 Å². The third kappa shape index (κ3) is 4.23. The summed E-state index contributed by atoms with van der Waals surface area (Å²) in [5.74, 6) is 0.370. The fraction of sp³-hybridized carbons (Fsp3) is 0.211. The van der Waals surface area contributed by atoms with Crippen LogP contribution in [0.1, 0.15) is 18.1 Å². The molecule has 0 heterocycles. The summed E-state index contributed by atoms with van der Waals surface area (Å²) in [4.78, 5) is 11.7. The lowest BCUT2D eigenvalue weighted by Crippen LogP contribution is -2.01. The van der Waals surface area contributed by atoms with Crippen molar-refractivity contribution in [2.24, 2.45) is 0 Å². The highest BCUT2D eigenvalue weighted by atomic mass is 16.5. The molecule has 0 saturated carbocycles. The van der Waals surface area contributed by atoms with Crippen molar-refractivity contribution >= 4 is 23.3 Å². The van der Waals surface area contributed by atoms with E-state index < -0.39 is 5.97 Å². The number of rotatable bonds is 7. The maximum Gasteiger partial charge on any atom is 0.336 e. The highest BCUT2D eigenvalue weighted by molar-refractivity contribution is 6.20. The van der Waals surface area contributed by atoms with Crippen molar-refractivity contribution in [2.45, 2.75) is 6.92 Å². The van der Waals surface area contributed by atoms with E-state index in [1.54, 1.807) is 42.5 Å². The molecular weight excluding hydrogens is 322 g/mol. The molecule has 0 atom stereocenters. The largest absolute Gasteiger partial charge is 0.493 e. The van der Waals surface area contributed by atoms with Crippen LogP contribution < -0.4 is 19.9 Å². The third-order valence-electron chi connectivity index (χ3n) is 3.53. The zero-order valence-electron chi connectivity index (χ0n) is 14.4. The van der Waals surface area contributed by atoms with Gasteiger partial charge in [-0.2, -0.15) is 0 Å². The molecule has 2 aromatic rings. The van der Waals surface area contributed by atoms with Gasteiger partial charge in [0.1, 0.15) is 0 Å². The summed E-state index contributed by atoms with van der Waals surface area (Å²) in [6.07, 6.45) is 1.55. The Balaban J connectivity index is 2.56. The van der Waals surface area contributed by atoms with Crippen LogP contribution >= 0.6 is 0 Å². The molecular formula is C19H21NO5. The Morgan fingerprint density at radius 1 is 1.12 bits per heavy atom. The van der Waals surface area contributed by atoms with Gasteiger partial charge in [-0.25, -0.2) is 4.79 Å². The van der Waals surface area contributed by atoms with Gasteiger partial charge in [0.2, 0.25) is 5.75 Å². The van der Waals surface area contributed by atoms with Gasteiger partial charge in [0, 0.05) is 5.69 Å². The minimum atomic E-state index is -1.04. The summed E-state index contributed by atoms with van der Waals surface area (Å²) >= 11 is 0. The zero-order valence-corrected chi connectivity index (χ0v) is 14.4. The second-order valence-corrected chi connectivity index (χ2v) is 5.17. The molecule has 0 spiro atoms. The Morgan fingerprint density at radius 2 is 1.68 bits per heavy atom. The number of carbonyl (C=O) groups is 1. The van der Waals surface area contributed by atoms with Gasteiger partial charge in [-0.3, -0.25) is 0 Å². The van der Waals surface area contributed by atoms with Gasteiger partial charge < -0.3 is 25.1 Å². The number of aliphatic carboxylic acids is 1. The maximum atomic E-state index is 11.7. The molecule has 0 aromatic heterocycles. The molecule has 0 fully saturated rings. The number of methoxy groups -OCH3 is 2. The number of ether oxygens (including phenoxy) is 3. The lowest BCUT2D eigenvalue weighted by molar-refractivity contribution is -0.130. The van der Waals surface area contributed by atoms with Crippen molar-refractivity contribution < 1.29 is 24.1 Å². The van der Waals surface area contributed by atoms with Crippen molar-refractivity contribution in [3.8, 4) is 17.2 Å². The van der Waals surface area contributed by atoms with Gasteiger partial charge in [0.05, 0.1) is 26.4 Å². The SMILES string of the molecule is CCOc1c(OC)cc(/C=C(\C(=O)O)c2ccc(N)cc2)cc1OC. The molecule has 0 amide bonds. The third-order valence-corrected chi connectivity index (χ3v) is 3.53. The highest BCUT2D eigenvalue weighted by Crippen LogP contribution is 2.39. The molecule has 132 valence electrons. The van der Waals surface area contributed by atoms with E-state index in [1.807, 2.05) is 6.92 Å². The fourth-order valence-electron chi connectivity index (χ4n) is 2.37. The molecule has 0 aliphatic carbocycles. The average molecular weight is 343 g/mol. The monoisotopic (exact) mass is 343 g/mol. The van der Waals surface area contributed by atoms with E-state index in [1.165, 1.54) is 14.2 Å². The molecule has 0 aliphatic rings. The molecule has 0 bridgehead atoms. The standard InChI is InChI=1S/C19H21NO5/c1-4-25-18-16(23-2)10-12(11-17(18)24-3)9-15(19(21)22)13-5-7-14(20)8-6-13/h5-11H,4,20H2,1-3H3,(H,21,22)/b15-9-. The molecule has 3 N–H and O–H groups in total. The quantitative estimate of drug-likeness (QED) is 0.455. The molecule has 0 unspecified atom stereocenters. The number of nitrogen functional groups attached to an aromatic ring is 1. The summed E-state index contributed by atoms with van der Waals surface area (Å²) in [5.41, 5.74) is 7.53. The first-order chi connectivity index (χ1) is 12.0. The highest BCUT2D eigenvalue weighted by Gasteiger charge is 2.15. The molecule has 6 nitrogen and oxygen atoms in total. The number of anilines is 1. The van der Waals surface area contributed by atoms with Crippen LogP contribution in [0, 0.1) is 0 Å². The lowest BCUT2D eigenvalue weighted by Gasteiger charge is -2.14. The van der Waals surface area contributed by atoms with Crippen molar-refractivity contribution in [1.29, 1.82) is 0 Å². The molecule has 2 rings (SSSR count). The number of carboxylic acid groups (broad SMARTS) is 1. The second kappa shape index (κ2) is 8.10. The van der Waals surface area contributed by atoms with Crippen molar-refractivity contribution in [2.75, 3.05) is 26.6 Å². The number of nitrogens with two attached hydrogens (primary N) is 1. The van der Waals surface area contributed by atoms with Crippen LogP contribution in [-0.2, 0) is 4.79 Å². The van der Waals surface area contributed by atoms with Crippen LogP contribution in [-0.4, -0.2) is 31.9 Å². The van der Waals surface area contributed by atoms with Crippen LogP contribution in [0.5, 0.6) is 17.2 Å². The maximum absolute atomic E-state index is 11.7. The van der Waals surface area contributed by atoms with E-state index in [0.29, 0.717) is 40.7 Å². The summed E-state index contributed by atoms with van der Waals surface area (Å²) < 4.78 is 16.2. The summed E-state index contributed by atoms with van der Waals surface area (Å²) in [5, 5.41) is 9.56. The van der Waals surface area contributed by atoms with E-state index in [4.69, 9.17) is 19.9 Å². The molecule has 2 aromatic carbocycles. The van der Waals surface area contributed by atoms with Gasteiger partial charge in [0.15, 0.2) is 11.5 Å². The van der Waals surface area contributed by atoms with Crippen molar-refractivity contribution in [3.63, 3.8) is 0 Å².